The number of carbonyl (C=O) groups excluding carboxylic acids is 1. The van der Waals surface area contributed by atoms with E-state index < -0.39 is 0 Å². The van der Waals surface area contributed by atoms with Crippen LogP contribution in [0.25, 0.3) is 0 Å². The van der Waals surface area contributed by atoms with E-state index in [1.165, 1.54) is 16.7 Å². The molecule has 0 saturated carbocycles. The number of carbonyl (C=O) groups is 1. The lowest BCUT2D eigenvalue weighted by molar-refractivity contribution is -0.121. The summed E-state index contributed by atoms with van der Waals surface area (Å²) in [7, 11) is 1.69. The summed E-state index contributed by atoms with van der Waals surface area (Å²) in [6.07, 6.45) is 3.60. The zero-order chi connectivity index (χ0) is 15.0. The van der Waals surface area contributed by atoms with Gasteiger partial charge in [0, 0.05) is 19.7 Å². The molecule has 2 aliphatic heterocycles. The van der Waals surface area contributed by atoms with Crippen LogP contribution in [-0.2, 0) is 4.79 Å². The third kappa shape index (κ3) is 2.45. The van der Waals surface area contributed by atoms with Gasteiger partial charge in [-0.15, -0.1) is 0 Å². The van der Waals surface area contributed by atoms with Crippen LogP contribution in [-0.4, -0.2) is 28.7 Å². The molecule has 0 N–H and O–H groups in total. The van der Waals surface area contributed by atoms with Crippen molar-refractivity contribution in [2.75, 3.05) is 18.5 Å². The van der Waals surface area contributed by atoms with Crippen LogP contribution in [0.5, 0.6) is 5.75 Å². The van der Waals surface area contributed by atoms with Gasteiger partial charge in [-0.05, 0) is 25.1 Å². The van der Waals surface area contributed by atoms with E-state index in [-0.39, 0.29) is 5.91 Å². The van der Waals surface area contributed by atoms with Gasteiger partial charge in [0.05, 0.1) is 10.6 Å². The number of thiocarbonyl (C=S) groups is 1. The predicted molar refractivity (Wildman–Crippen MR) is 89.2 cm³/mol. The van der Waals surface area contributed by atoms with Gasteiger partial charge in [-0.1, -0.05) is 36.1 Å². The Morgan fingerprint density at radius 1 is 1.33 bits per heavy atom. The first-order valence-electron chi connectivity index (χ1n) is 6.58. The second-order valence-corrected chi connectivity index (χ2v) is 6.26. The molecule has 0 aromatic heterocycles. The molecule has 0 spiro atoms. The van der Waals surface area contributed by atoms with E-state index in [9.17, 15) is 4.79 Å². The molecule has 0 radical (unpaired) electrons. The molecule has 21 heavy (non-hydrogen) atoms. The molecule has 1 aromatic rings. The van der Waals surface area contributed by atoms with Crippen molar-refractivity contribution < 1.29 is 9.53 Å². The molecular formula is C15H14N2O2S2. The average molecular weight is 318 g/mol. The molecule has 3 rings (SSSR count). The molecule has 6 heteroatoms. The second-order valence-electron chi connectivity index (χ2n) is 4.58. The molecule has 1 amide bonds. The first-order valence-corrected chi connectivity index (χ1v) is 7.80. The minimum Gasteiger partial charge on any atom is -0.439 e. The van der Waals surface area contributed by atoms with Gasteiger partial charge < -0.3 is 9.64 Å². The number of likely N-dealkylation sites (N-methyl/N-ethyl adjacent to an activating group) is 1. The number of thioether (sulfide) groups is 1. The van der Waals surface area contributed by atoms with Crippen LogP contribution < -0.4 is 9.64 Å². The number of hydrogen-bond donors (Lipinski definition) is 0. The molecule has 1 fully saturated rings. The van der Waals surface area contributed by atoms with Gasteiger partial charge >= 0.3 is 0 Å². The van der Waals surface area contributed by atoms with Crippen LogP contribution in [0.1, 0.15) is 6.92 Å². The topological polar surface area (TPSA) is 32.8 Å². The molecule has 0 bridgehead atoms. The van der Waals surface area contributed by atoms with Gasteiger partial charge in [0.25, 0.3) is 5.91 Å². The summed E-state index contributed by atoms with van der Waals surface area (Å²) < 4.78 is 6.41. The smallest absolute Gasteiger partial charge is 0.265 e. The van der Waals surface area contributed by atoms with Gasteiger partial charge in [0.2, 0.25) is 5.88 Å². The Morgan fingerprint density at radius 3 is 2.76 bits per heavy atom. The van der Waals surface area contributed by atoms with Gasteiger partial charge in [0.1, 0.15) is 4.32 Å². The summed E-state index contributed by atoms with van der Waals surface area (Å²) in [5.41, 5.74) is 1.04. The summed E-state index contributed by atoms with van der Waals surface area (Å²) in [6.45, 7) is 2.86. The maximum Gasteiger partial charge on any atom is 0.265 e. The van der Waals surface area contributed by atoms with Crippen molar-refractivity contribution in [1.82, 2.24) is 4.90 Å². The highest BCUT2D eigenvalue weighted by Crippen LogP contribution is 2.38. The number of hydrogen-bond acceptors (Lipinski definition) is 5. The molecule has 4 nitrogen and oxygen atoms in total. The number of rotatable bonds is 2. The predicted octanol–water partition coefficient (Wildman–Crippen LogP) is 3.12. The first kappa shape index (κ1) is 14.2. The number of allylic oxidation sites excluding steroid dienone is 2. The zero-order valence-electron chi connectivity index (χ0n) is 11.7. The summed E-state index contributed by atoms with van der Waals surface area (Å²) >= 11 is 6.42. The molecule has 108 valence electrons. The lowest BCUT2D eigenvalue weighted by atomic mass is 10.3. The van der Waals surface area contributed by atoms with E-state index >= 15 is 0 Å². The number of fused-ring (bicyclic) bond motifs is 1. The first-order chi connectivity index (χ1) is 10.1. The Labute approximate surface area is 133 Å². The SMILES string of the molecule is CCN1/C(=C/C=C2\SC(=S)N(C)C2=O)Oc2ccccc21. The number of para-hydroxylation sites is 2. The largest absolute Gasteiger partial charge is 0.439 e. The number of amides is 1. The van der Waals surface area contributed by atoms with Crippen molar-refractivity contribution in [2.45, 2.75) is 6.92 Å². The Kier molecular flexibility index (Phi) is 3.73. The van der Waals surface area contributed by atoms with E-state index in [1.807, 2.05) is 30.3 Å². The van der Waals surface area contributed by atoms with Crippen LogP contribution >= 0.6 is 24.0 Å². The van der Waals surface area contributed by atoms with Gasteiger partial charge in [-0.3, -0.25) is 9.69 Å². The molecule has 2 aliphatic rings. The molecule has 0 unspecified atom stereocenters. The van der Waals surface area contributed by atoms with Crippen LogP contribution in [0.4, 0.5) is 5.69 Å². The van der Waals surface area contributed by atoms with Crippen molar-refractivity contribution >= 4 is 39.9 Å². The Bertz CT molecular complexity index is 682. The Morgan fingerprint density at radius 2 is 2.10 bits per heavy atom. The Balaban J connectivity index is 1.89. The van der Waals surface area contributed by atoms with Gasteiger partial charge in [0.15, 0.2) is 5.75 Å². The highest BCUT2D eigenvalue weighted by Gasteiger charge is 2.29. The zero-order valence-corrected chi connectivity index (χ0v) is 13.3. The summed E-state index contributed by atoms with van der Waals surface area (Å²) in [6, 6.07) is 7.88. The lowest BCUT2D eigenvalue weighted by Gasteiger charge is -2.14. The number of nitrogens with zero attached hydrogens (tertiary/aromatic N) is 2. The van der Waals surface area contributed by atoms with Crippen LogP contribution in [0.3, 0.4) is 0 Å². The van der Waals surface area contributed by atoms with Gasteiger partial charge in [-0.2, -0.15) is 0 Å². The minimum atomic E-state index is -0.0691. The molecular weight excluding hydrogens is 304 g/mol. The normalized spacial score (nSPS) is 21.4. The van der Waals surface area contributed by atoms with Crippen molar-refractivity contribution in [2.24, 2.45) is 0 Å². The van der Waals surface area contributed by atoms with E-state index in [2.05, 4.69) is 11.8 Å². The fourth-order valence-corrected chi connectivity index (χ4v) is 3.33. The van der Waals surface area contributed by atoms with Crippen molar-refractivity contribution in [3.63, 3.8) is 0 Å². The standard InChI is InChI=1S/C15H14N2O2S2/c1-3-17-10-6-4-5-7-11(10)19-13(17)9-8-12-14(18)16(2)15(20)21-12/h4-9H,3H2,1-2H3/b12-8-,13-9-. The molecule has 0 atom stereocenters. The molecule has 1 aromatic carbocycles. The summed E-state index contributed by atoms with van der Waals surface area (Å²) in [4.78, 5) is 16.1. The van der Waals surface area contributed by atoms with Crippen molar-refractivity contribution in [3.8, 4) is 5.75 Å². The maximum atomic E-state index is 12.0. The lowest BCUT2D eigenvalue weighted by Crippen LogP contribution is -2.22. The number of benzene rings is 1. The second kappa shape index (κ2) is 5.54. The quantitative estimate of drug-likeness (QED) is 0.618. The minimum absolute atomic E-state index is 0.0691. The molecule has 2 heterocycles. The molecule has 0 aliphatic carbocycles. The third-order valence-electron chi connectivity index (χ3n) is 3.32. The number of anilines is 1. The highest BCUT2D eigenvalue weighted by molar-refractivity contribution is 8.26. The van der Waals surface area contributed by atoms with E-state index in [4.69, 9.17) is 17.0 Å². The average Bonchev–Trinajstić information content (AvgIpc) is 2.97. The van der Waals surface area contributed by atoms with E-state index in [0.717, 1.165) is 23.9 Å². The molecule has 1 saturated heterocycles. The van der Waals surface area contributed by atoms with Crippen LogP contribution in [0.2, 0.25) is 0 Å². The van der Waals surface area contributed by atoms with E-state index in [0.29, 0.717) is 9.23 Å². The monoisotopic (exact) mass is 318 g/mol. The fourth-order valence-electron chi connectivity index (χ4n) is 2.21. The van der Waals surface area contributed by atoms with Gasteiger partial charge in [-0.25, -0.2) is 0 Å². The fraction of sp³-hybridized carbons (Fsp3) is 0.200. The number of ether oxygens (including phenoxy) is 1. The summed E-state index contributed by atoms with van der Waals surface area (Å²) in [5.74, 6) is 1.49. The summed E-state index contributed by atoms with van der Waals surface area (Å²) in [5, 5.41) is 0. The maximum absolute atomic E-state index is 12.0. The van der Waals surface area contributed by atoms with Crippen LogP contribution in [0.15, 0.2) is 47.2 Å². The highest BCUT2D eigenvalue weighted by atomic mass is 32.2. The Hall–Kier alpha value is -1.79. The third-order valence-corrected chi connectivity index (χ3v) is 4.82. The van der Waals surface area contributed by atoms with Crippen molar-refractivity contribution in [3.05, 3.63) is 47.2 Å². The van der Waals surface area contributed by atoms with Crippen LogP contribution in [0, 0.1) is 0 Å². The van der Waals surface area contributed by atoms with Crippen molar-refractivity contribution in [1.29, 1.82) is 0 Å². The van der Waals surface area contributed by atoms with E-state index in [1.54, 1.807) is 13.1 Å².